The fourth-order valence-corrected chi connectivity index (χ4v) is 2.10. The van der Waals surface area contributed by atoms with E-state index in [0.717, 1.165) is 30.8 Å². The van der Waals surface area contributed by atoms with Crippen LogP contribution < -0.4 is 11.1 Å². The summed E-state index contributed by atoms with van der Waals surface area (Å²) in [6.07, 6.45) is 4.48. The predicted molar refractivity (Wildman–Crippen MR) is 71.3 cm³/mol. The highest BCUT2D eigenvalue weighted by molar-refractivity contribution is 5.77. The van der Waals surface area contributed by atoms with E-state index >= 15 is 0 Å². The lowest BCUT2D eigenvalue weighted by Crippen LogP contribution is -2.34. The first-order valence-electron chi connectivity index (χ1n) is 6.67. The SMILES string of the molecule is CC(C)CNC(N)=NCc1noc2c1CCCC2. The number of nitrogens with one attached hydrogen (secondary N) is 1. The summed E-state index contributed by atoms with van der Waals surface area (Å²) in [6.45, 7) is 5.62. The van der Waals surface area contributed by atoms with Crippen molar-refractivity contribution >= 4 is 5.96 Å². The first-order chi connectivity index (χ1) is 8.66. The van der Waals surface area contributed by atoms with Gasteiger partial charge in [0, 0.05) is 18.5 Å². The molecule has 1 heterocycles. The lowest BCUT2D eigenvalue weighted by molar-refractivity contribution is 0.368. The standard InChI is InChI=1S/C13H22N4O/c1-9(2)7-15-13(14)16-8-11-10-5-3-4-6-12(10)18-17-11/h9H,3-8H2,1-2H3,(H3,14,15,16). The zero-order valence-corrected chi connectivity index (χ0v) is 11.2. The molecule has 0 saturated carbocycles. The molecule has 0 bridgehead atoms. The summed E-state index contributed by atoms with van der Waals surface area (Å²) >= 11 is 0. The minimum absolute atomic E-state index is 0.483. The van der Waals surface area contributed by atoms with Crippen molar-refractivity contribution in [3.8, 4) is 0 Å². The minimum atomic E-state index is 0.483. The third kappa shape index (κ3) is 3.24. The van der Waals surface area contributed by atoms with Crippen LogP contribution in [0.1, 0.15) is 43.7 Å². The van der Waals surface area contributed by atoms with Gasteiger partial charge in [-0.2, -0.15) is 0 Å². The molecule has 0 spiro atoms. The third-order valence-electron chi connectivity index (χ3n) is 3.12. The number of rotatable bonds is 4. The Morgan fingerprint density at radius 1 is 1.44 bits per heavy atom. The zero-order chi connectivity index (χ0) is 13.0. The van der Waals surface area contributed by atoms with Gasteiger partial charge in [-0.3, -0.25) is 0 Å². The number of aliphatic imine (C=N–C) groups is 1. The Bertz CT molecular complexity index is 423. The van der Waals surface area contributed by atoms with E-state index in [1.54, 1.807) is 0 Å². The van der Waals surface area contributed by atoms with Crippen molar-refractivity contribution in [2.24, 2.45) is 16.6 Å². The van der Waals surface area contributed by atoms with Crippen LogP contribution in [-0.2, 0) is 19.4 Å². The first kappa shape index (κ1) is 12.9. The van der Waals surface area contributed by atoms with E-state index in [1.165, 1.54) is 18.4 Å². The summed E-state index contributed by atoms with van der Waals surface area (Å²) in [6, 6.07) is 0. The van der Waals surface area contributed by atoms with Gasteiger partial charge in [0.2, 0.25) is 0 Å². The van der Waals surface area contributed by atoms with E-state index in [-0.39, 0.29) is 0 Å². The summed E-state index contributed by atoms with van der Waals surface area (Å²) in [4.78, 5) is 4.31. The largest absolute Gasteiger partial charge is 0.370 e. The van der Waals surface area contributed by atoms with Crippen molar-refractivity contribution in [2.75, 3.05) is 6.54 Å². The van der Waals surface area contributed by atoms with E-state index < -0.39 is 0 Å². The second-order valence-corrected chi connectivity index (χ2v) is 5.21. The number of aryl methyl sites for hydroxylation is 1. The molecule has 3 N–H and O–H groups in total. The molecule has 1 aromatic rings. The Morgan fingerprint density at radius 3 is 3.00 bits per heavy atom. The van der Waals surface area contributed by atoms with Gasteiger partial charge in [0.25, 0.3) is 0 Å². The van der Waals surface area contributed by atoms with Gasteiger partial charge in [0.05, 0.1) is 6.54 Å². The number of hydrogen-bond acceptors (Lipinski definition) is 3. The first-order valence-corrected chi connectivity index (χ1v) is 6.67. The van der Waals surface area contributed by atoms with Crippen LogP contribution >= 0.6 is 0 Å². The van der Waals surface area contributed by atoms with Gasteiger partial charge in [-0.1, -0.05) is 19.0 Å². The Kier molecular flexibility index (Phi) is 4.23. The van der Waals surface area contributed by atoms with Crippen molar-refractivity contribution < 1.29 is 4.52 Å². The number of guanidine groups is 1. The molecule has 18 heavy (non-hydrogen) atoms. The number of nitrogens with zero attached hydrogens (tertiary/aromatic N) is 2. The van der Waals surface area contributed by atoms with E-state index in [1.807, 2.05) is 0 Å². The smallest absolute Gasteiger partial charge is 0.188 e. The van der Waals surface area contributed by atoms with Crippen LogP contribution in [0.4, 0.5) is 0 Å². The summed E-state index contributed by atoms with van der Waals surface area (Å²) in [5, 5.41) is 7.19. The Balaban J connectivity index is 1.93. The van der Waals surface area contributed by atoms with E-state index in [2.05, 4.69) is 29.3 Å². The maximum Gasteiger partial charge on any atom is 0.188 e. The molecule has 5 nitrogen and oxygen atoms in total. The summed E-state index contributed by atoms with van der Waals surface area (Å²) < 4.78 is 5.34. The highest BCUT2D eigenvalue weighted by atomic mass is 16.5. The molecule has 0 saturated heterocycles. The molecule has 0 aromatic carbocycles. The molecule has 100 valence electrons. The minimum Gasteiger partial charge on any atom is -0.370 e. The van der Waals surface area contributed by atoms with Gasteiger partial charge in [0.15, 0.2) is 5.96 Å². The molecule has 1 aliphatic rings. The van der Waals surface area contributed by atoms with Gasteiger partial charge in [-0.15, -0.1) is 0 Å². The van der Waals surface area contributed by atoms with Crippen molar-refractivity contribution in [3.05, 3.63) is 17.0 Å². The average molecular weight is 250 g/mol. The normalized spacial score (nSPS) is 15.8. The molecule has 0 atom stereocenters. The molecule has 1 aliphatic carbocycles. The molecule has 0 aliphatic heterocycles. The topological polar surface area (TPSA) is 76.4 Å². The monoisotopic (exact) mass is 250 g/mol. The maximum absolute atomic E-state index is 5.80. The fourth-order valence-electron chi connectivity index (χ4n) is 2.10. The van der Waals surface area contributed by atoms with E-state index in [4.69, 9.17) is 10.3 Å². The number of fused-ring (bicyclic) bond motifs is 1. The van der Waals surface area contributed by atoms with Crippen LogP contribution in [0.5, 0.6) is 0 Å². The van der Waals surface area contributed by atoms with Crippen LogP contribution in [0.15, 0.2) is 9.52 Å². The van der Waals surface area contributed by atoms with Crippen molar-refractivity contribution in [1.29, 1.82) is 0 Å². The molecule has 0 radical (unpaired) electrons. The van der Waals surface area contributed by atoms with Crippen LogP contribution in [-0.4, -0.2) is 17.7 Å². The Labute approximate surface area is 108 Å². The second kappa shape index (κ2) is 5.89. The number of nitrogens with two attached hydrogens (primary N) is 1. The van der Waals surface area contributed by atoms with Gasteiger partial charge < -0.3 is 15.6 Å². The molecule has 0 amide bonds. The van der Waals surface area contributed by atoms with Gasteiger partial charge >= 0.3 is 0 Å². The van der Waals surface area contributed by atoms with Crippen molar-refractivity contribution in [1.82, 2.24) is 10.5 Å². The zero-order valence-electron chi connectivity index (χ0n) is 11.2. The van der Waals surface area contributed by atoms with Crippen molar-refractivity contribution in [2.45, 2.75) is 46.1 Å². The lowest BCUT2D eigenvalue weighted by Gasteiger charge is -2.09. The fraction of sp³-hybridized carbons (Fsp3) is 0.692. The Morgan fingerprint density at radius 2 is 2.22 bits per heavy atom. The van der Waals surface area contributed by atoms with Crippen molar-refractivity contribution in [3.63, 3.8) is 0 Å². The van der Waals surface area contributed by atoms with E-state index in [9.17, 15) is 0 Å². The van der Waals surface area contributed by atoms with Gasteiger partial charge in [0.1, 0.15) is 11.5 Å². The molecule has 0 fully saturated rings. The predicted octanol–water partition coefficient (Wildman–Crippen LogP) is 1.61. The molecule has 0 unspecified atom stereocenters. The quantitative estimate of drug-likeness (QED) is 0.629. The van der Waals surface area contributed by atoms with E-state index in [0.29, 0.717) is 18.4 Å². The molecule has 5 heteroatoms. The summed E-state index contributed by atoms with van der Waals surface area (Å²) in [7, 11) is 0. The highest BCUT2D eigenvalue weighted by Crippen LogP contribution is 2.24. The van der Waals surface area contributed by atoms with Gasteiger partial charge in [-0.25, -0.2) is 4.99 Å². The Hall–Kier alpha value is -1.52. The number of hydrogen-bond donors (Lipinski definition) is 2. The third-order valence-corrected chi connectivity index (χ3v) is 3.12. The summed E-state index contributed by atoms with van der Waals surface area (Å²) in [5.41, 5.74) is 7.99. The van der Waals surface area contributed by atoms with Crippen LogP contribution in [0.3, 0.4) is 0 Å². The van der Waals surface area contributed by atoms with Crippen LogP contribution in [0.2, 0.25) is 0 Å². The molecule has 2 rings (SSSR count). The second-order valence-electron chi connectivity index (χ2n) is 5.21. The lowest BCUT2D eigenvalue weighted by atomic mass is 9.96. The van der Waals surface area contributed by atoms with Gasteiger partial charge in [-0.05, 0) is 25.2 Å². The number of aromatic nitrogens is 1. The van der Waals surface area contributed by atoms with Crippen LogP contribution in [0.25, 0.3) is 0 Å². The van der Waals surface area contributed by atoms with Crippen LogP contribution in [0, 0.1) is 5.92 Å². The highest BCUT2D eigenvalue weighted by Gasteiger charge is 2.18. The molecule has 1 aromatic heterocycles. The average Bonchev–Trinajstić information content (AvgIpc) is 2.77. The maximum atomic E-state index is 5.80. The molecular formula is C13H22N4O. The molecular weight excluding hydrogens is 228 g/mol. The summed E-state index contributed by atoms with van der Waals surface area (Å²) in [5.74, 6) is 2.08.